The third kappa shape index (κ3) is 6.63. The lowest BCUT2D eigenvalue weighted by molar-refractivity contribution is 0.195. The number of fused-ring (bicyclic) bond motifs is 1. The maximum atomic E-state index is 5.11. The van der Waals surface area contributed by atoms with Gasteiger partial charge in [0, 0.05) is 46.0 Å². The molecule has 0 aliphatic heterocycles. The lowest BCUT2D eigenvalue weighted by Gasteiger charge is -2.13. The molecule has 29 heavy (non-hydrogen) atoms. The Morgan fingerprint density at radius 2 is 2.00 bits per heavy atom. The first-order valence-electron chi connectivity index (χ1n) is 9.48. The number of pyridine rings is 1. The number of nitrogens with one attached hydrogen (secondary N) is 2. The second kappa shape index (κ2) is 12.3. The van der Waals surface area contributed by atoms with Crippen LogP contribution < -0.4 is 10.6 Å². The van der Waals surface area contributed by atoms with Crippen LogP contribution in [0.2, 0.25) is 0 Å². The van der Waals surface area contributed by atoms with E-state index in [1.54, 1.807) is 13.4 Å². The van der Waals surface area contributed by atoms with Crippen LogP contribution in [0.15, 0.2) is 35.7 Å². The Labute approximate surface area is 187 Å². The SMILES string of the molecule is CCc1nncn1CCNC(=NCc1nnc2ccccn12)NCCCOC.I. The molecule has 0 bridgehead atoms. The molecule has 10 nitrogen and oxygen atoms in total. The highest BCUT2D eigenvalue weighted by molar-refractivity contribution is 14.0. The van der Waals surface area contributed by atoms with Gasteiger partial charge in [-0.25, -0.2) is 4.99 Å². The minimum Gasteiger partial charge on any atom is -0.385 e. The third-order valence-electron chi connectivity index (χ3n) is 4.24. The zero-order valence-corrected chi connectivity index (χ0v) is 19.1. The molecule has 0 amide bonds. The lowest BCUT2D eigenvalue weighted by Crippen LogP contribution is -2.39. The van der Waals surface area contributed by atoms with Crippen molar-refractivity contribution >= 4 is 35.6 Å². The van der Waals surface area contributed by atoms with Crippen molar-refractivity contribution in [1.29, 1.82) is 0 Å². The average Bonchev–Trinajstić information content (AvgIpc) is 3.35. The van der Waals surface area contributed by atoms with Crippen LogP contribution in [0.1, 0.15) is 25.0 Å². The molecule has 11 heteroatoms. The van der Waals surface area contributed by atoms with Gasteiger partial charge in [0.1, 0.15) is 18.7 Å². The number of guanidine groups is 1. The molecule has 3 aromatic heterocycles. The minimum atomic E-state index is 0. The first-order valence-corrected chi connectivity index (χ1v) is 9.48. The topological polar surface area (TPSA) is 107 Å². The maximum absolute atomic E-state index is 5.11. The number of hydrogen-bond acceptors (Lipinski definition) is 6. The second-order valence-corrected chi connectivity index (χ2v) is 6.20. The molecule has 0 atom stereocenters. The van der Waals surface area contributed by atoms with Gasteiger partial charge in [-0.1, -0.05) is 13.0 Å². The van der Waals surface area contributed by atoms with Crippen molar-refractivity contribution in [3.05, 3.63) is 42.4 Å². The number of aliphatic imine (C=N–C) groups is 1. The summed E-state index contributed by atoms with van der Waals surface area (Å²) in [6.07, 6.45) is 5.45. The van der Waals surface area contributed by atoms with E-state index in [0.717, 1.165) is 49.2 Å². The largest absolute Gasteiger partial charge is 0.385 e. The number of ether oxygens (including phenoxy) is 1. The molecule has 3 aromatic rings. The molecule has 0 spiro atoms. The molecular weight excluding hydrogens is 485 g/mol. The number of aromatic nitrogens is 6. The van der Waals surface area contributed by atoms with E-state index >= 15 is 0 Å². The summed E-state index contributed by atoms with van der Waals surface area (Å²) in [4.78, 5) is 4.67. The first kappa shape index (κ1) is 23.0. The summed E-state index contributed by atoms with van der Waals surface area (Å²) >= 11 is 0. The van der Waals surface area contributed by atoms with Crippen LogP contribution in [-0.2, 0) is 24.2 Å². The summed E-state index contributed by atoms with van der Waals surface area (Å²) < 4.78 is 9.09. The van der Waals surface area contributed by atoms with Gasteiger partial charge in [0.15, 0.2) is 17.4 Å². The molecule has 0 saturated carbocycles. The summed E-state index contributed by atoms with van der Waals surface area (Å²) in [6.45, 7) is 5.45. The normalized spacial score (nSPS) is 11.4. The molecule has 3 heterocycles. The molecule has 3 rings (SSSR count). The smallest absolute Gasteiger partial charge is 0.191 e. The third-order valence-corrected chi connectivity index (χ3v) is 4.24. The van der Waals surface area contributed by atoms with Crippen LogP contribution in [0.3, 0.4) is 0 Å². The quantitative estimate of drug-likeness (QED) is 0.182. The van der Waals surface area contributed by atoms with E-state index in [1.807, 2.05) is 33.4 Å². The summed E-state index contributed by atoms with van der Waals surface area (Å²) in [7, 11) is 1.70. The number of halogens is 1. The van der Waals surface area contributed by atoms with E-state index in [1.165, 1.54) is 0 Å². The molecule has 2 N–H and O–H groups in total. The highest BCUT2D eigenvalue weighted by Crippen LogP contribution is 2.03. The fourth-order valence-electron chi connectivity index (χ4n) is 2.78. The van der Waals surface area contributed by atoms with Gasteiger partial charge in [0.25, 0.3) is 0 Å². The van der Waals surface area contributed by atoms with Crippen molar-refractivity contribution in [3.8, 4) is 0 Å². The summed E-state index contributed by atoms with van der Waals surface area (Å²) in [5.41, 5.74) is 0.815. The number of hydrogen-bond donors (Lipinski definition) is 2. The van der Waals surface area contributed by atoms with Gasteiger partial charge < -0.3 is 19.9 Å². The van der Waals surface area contributed by atoms with Crippen LogP contribution >= 0.6 is 24.0 Å². The molecule has 0 aromatic carbocycles. The van der Waals surface area contributed by atoms with Crippen LogP contribution in [0, 0.1) is 0 Å². The number of rotatable bonds is 10. The molecular formula is C18H28IN9O. The van der Waals surface area contributed by atoms with E-state index in [4.69, 9.17) is 4.74 Å². The highest BCUT2D eigenvalue weighted by Gasteiger charge is 2.06. The fourth-order valence-corrected chi connectivity index (χ4v) is 2.78. The predicted octanol–water partition coefficient (Wildman–Crippen LogP) is 1.27. The molecule has 0 fully saturated rings. The van der Waals surface area contributed by atoms with Crippen LogP contribution in [0.25, 0.3) is 5.65 Å². The Hall–Kier alpha value is -2.28. The van der Waals surface area contributed by atoms with Crippen LogP contribution in [-0.4, -0.2) is 62.1 Å². The predicted molar refractivity (Wildman–Crippen MR) is 121 cm³/mol. The van der Waals surface area contributed by atoms with E-state index in [2.05, 4.69) is 42.9 Å². The number of aryl methyl sites for hydroxylation is 1. The Kier molecular flexibility index (Phi) is 9.77. The van der Waals surface area contributed by atoms with Gasteiger partial charge in [-0.3, -0.25) is 4.40 Å². The number of nitrogens with zero attached hydrogens (tertiary/aromatic N) is 7. The Bertz CT molecular complexity index is 892. The van der Waals surface area contributed by atoms with E-state index in [-0.39, 0.29) is 24.0 Å². The van der Waals surface area contributed by atoms with Crippen LogP contribution in [0.5, 0.6) is 0 Å². The summed E-state index contributed by atoms with van der Waals surface area (Å²) in [5, 5.41) is 23.2. The summed E-state index contributed by atoms with van der Waals surface area (Å²) in [6, 6.07) is 5.82. The van der Waals surface area contributed by atoms with Crippen molar-refractivity contribution in [2.75, 3.05) is 26.8 Å². The van der Waals surface area contributed by atoms with Crippen molar-refractivity contribution in [2.45, 2.75) is 32.9 Å². The minimum absolute atomic E-state index is 0. The van der Waals surface area contributed by atoms with E-state index < -0.39 is 0 Å². The number of methoxy groups -OCH3 is 1. The molecule has 0 aliphatic rings. The van der Waals surface area contributed by atoms with Gasteiger partial charge in [0.05, 0.1) is 0 Å². The molecule has 158 valence electrons. The van der Waals surface area contributed by atoms with Crippen molar-refractivity contribution in [2.24, 2.45) is 4.99 Å². The standard InChI is InChI=1S/C18H27N9O.HI/c1-3-15-23-22-14-26(15)11-9-20-18(19-8-6-12-28-2)21-13-17-25-24-16-7-4-5-10-27(16)17;/h4-5,7,10,14H,3,6,8-9,11-13H2,1-2H3,(H2,19,20,21);1H. The maximum Gasteiger partial charge on any atom is 0.191 e. The van der Waals surface area contributed by atoms with Crippen molar-refractivity contribution in [1.82, 2.24) is 40.0 Å². The first-order chi connectivity index (χ1) is 13.8. The van der Waals surface area contributed by atoms with E-state index in [0.29, 0.717) is 19.7 Å². The average molecular weight is 513 g/mol. The zero-order chi connectivity index (χ0) is 19.6. The molecule has 0 unspecified atom stereocenters. The fraction of sp³-hybridized carbons (Fsp3) is 0.500. The van der Waals surface area contributed by atoms with Gasteiger partial charge in [-0.05, 0) is 18.6 Å². The zero-order valence-electron chi connectivity index (χ0n) is 16.8. The lowest BCUT2D eigenvalue weighted by atomic mass is 10.4. The molecule has 0 aliphatic carbocycles. The molecule has 0 radical (unpaired) electrons. The molecule has 0 saturated heterocycles. The van der Waals surface area contributed by atoms with E-state index in [9.17, 15) is 0 Å². The van der Waals surface area contributed by atoms with Gasteiger partial charge in [-0.2, -0.15) is 0 Å². The van der Waals surface area contributed by atoms with Crippen molar-refractivity contribution in [3.63, 3.8) is 0 Å². The van der Waals surface area contributed by atoms with Crippen molar-refractivity contribution < 1.29 is 4.74 Å². The summed E-state index contributed by atoms with van der Waals surface area (Å²) in [5.74, 6) is 2.50. The Balaban J connectivity index is 0.00000300. The van der Waals surface area contributed by atoms with Crippen LogP contribution in [0.4, 0.5) is 0 Å². The van der Waals surface area contributed by atoms with Gasteiger partial charge >= 0.3 is 0 Å². The Morgan fingerprint density at radius 1 is 1.14 bits per heavy atom. The van der Waals surface area contributed by atoms with Gasteiger partial charge in [-0.15, -0.1) is 44.4 Å². The van der Waals surface area contributed by atoms with Gasteiger partial charge in [0.2, 0.25) is 0 Å². The monoisotopic (exact) mass is 513 g/mol. The highest BCUT2D eigenvalue weighted by atomic mass is 127. The second-order valence-electron chi connectivity index (χ2n) is 6.20. The Morgan fingerprint density at radius 3 is 2.83 bits per heavy atom.